The molecule has 206 valence electrons. The molecule has 2 N–H and O–H groups in total. The lowest BCUT2D eigenvalue weighted by Crippen LogP contribution is -2.65. The van der Waals surface area contributed by atoms with Gasteiger partial charge in [-0.05, 0) is 90.1 Å². The molecule has 38 heavy (non-hydrogen) atoms. The van der Waals surface area contributed by atoms with E-state index in [-0.39, 0.29) is 33.7 Å². The van der Waals surface area contributed by atoms with Gasteiger partial charge in [-0.25, -0.2) is 13.4 Å². The molecule has 2 aromatic rings. The number of halogens is 1. The van der Waals surface area contributed by atoms with Crippen LogP contribution < -0.4 is 20.3 Å². The minimum absolute atomic E-state index is 0.0371. The normalized spacial score (nSPS) is 21.3. The number of benzene rings is 1. The summed E-state index contributed by atoms with van der Waals surface area (Å²) in [6.07, 6.45) is 6.79. The number of ether oxygens (including phenoxy) is 1. The number of carbonyl (C=O) groups is 2. The van der Waals surface area contributed by atoms with Gasteiger partial charge in [0.25, 0.3) is 11.8 Å². The van der Waals surface area contributed by atoms with Crippen molar-refractivity contribution in [3.05, 3.63) is 47.1 Å². The fourth-order valence-electron chi connectivity index (χ4n) is 5.36. The van der Waals surface area contributed by atoms with Crippen LogP contribution in [0, 0.1) is 0 Å². The Balaban J connectivity index is 1.65. The minimum atomic E-state index is -3.65. The maximum atomic E-state index is 13.8. The maximum Gasteiger partial charge on any atom is 0.265 e. The number of hydrogen-bond donors (Lipinski definition) is 2. The van der Waals surface area contributed by atoms with Crippen molar-refractivity contribution in [1.29, 1.82) is 0 Å². The van der Waals surface area contributed by atoms with Gasteiger partial charge in [-0.15, -0.1) is 0 Å². The Labute approximate surface area is 229 Å². The third-order valence-electron chi connectivity index (χ3n) is 7.09. The smallest absolute Gasteiger partial charge is 0.265 e. The van der Waals surface area contributed by atoms with Crippen LogP contribution in [0.1, 0.15) is 70.2 Å². The number of pyridine rings is 1. The number of nitrogens with one attached hydrogen (secondary N) is 2. The average molecular weight is 563 g/mol. The molecule has 1 aromatic carbocycles. The Morgan fingerprint density at radius 2 is 1.95 bits per heavy atom. The van der Waals surface area contributed by atoms with Crippen molar-refractivity contribution in [2.75, 3.05) is 11.2 Å². The molecule has 11 heteroatoms. The number of aromatic nitrogens is 1. The second-order valence-electron chi connectivity index (χ2n) is 10.9. The number of fused-ring (bicyclic) bond motifs is 2. The van der Waals surface area contributed by atoms with Crippen molar-refractivity contribution in [2.24, 2.45) is 0 Å². The lowest BCUT2D eigenvalue weighted by molar-refractivity contribution is -0.136. The molecular formula is C27H35ClN4O5S. The van der Waals surface area contributed by atoms with E-state index in [4.69, 9.17) is 16.3 Å². The molecule has 4 rings (SSSR count). The standard InChI is InChI=1S/C27H35ClN4O5S/c1-17(2)30-24(33)20-9-7-15-29-23(20)32-19-8-6-13-27(32,14-12-19)31-25(34)26(3,4)37-21-11-10-18(28)16-22(21)38(5,35)36/h7,9-11,15-17,19H,6,8,12-14H2,1-5H3,(H,30,33)(H,31,34). The summed E-state index contributed by atoms with van der Waals surface area (Å²) < 4.78 is 30.7. The Morgan fingerprint density at radius 3 is 2.63 bits per heavy atom. The summed E-state index contributed by atoms with van der Waals surface area (Å²) in [5, 5.41) is 6.42. The number of anilines is 1. The summed E-state index contributed by atoms with van der Waals surface area (Å²) in [6, 6.07) is 7.87. The Kier molecular flexibility index (Phi) is 7.69. The van der Waals surface area contributed by atoms with E-state index in [0.29, 0.717) is 24.2 Å². The fraction of sp³-hybridized carbons (Fsp3) is 0.519. The summed E-state index contributed by atoms with van der Waals surface area (Å²) >= 11 is 6.02. The van der Waals surface area contributed by atoms with E-state index in [1.165, 1.54) is 18.2 Å². The number of nitrogens with zero attached hydrogens (tertiary/aromatic N) is 2. The Hall–Kier alpha value is -2.85. The number of piperidine rings is 1. The van der Waals surface area contributed by atoms with E-state index in [2.05, 4.69) is 20.5 Å². The highest BCUT2D eigenvalue weighted by Gasteiger charge is 2.52. The third kappa shape index (κ3) is 5.61. The first-order valence-electron chi connectivity index (χ1n) is 12.8. The van der Waals surface area contributed by atoms with Crippen LogP contribution in [0.3, 0.4) is 0 Å². The number of rotatable bonds is 8. The van der Waals surface area contributed by atoms with Gasteiger partial charge in [0.1, 0.15) is 22.1 Å². The third-order valence-corrected chi connectivity index (χ3v) is 8.44. The first-order valence-corrected chi connectivity index (χ1v) is 15.1. The van der Waals surface area contributed by atoms with Crippen molar-refractivity contribution >= 4 is 39.1 Å². The van der Waals surface area contributed by atoms with Crippen LogP contribution in [0.25, 0.3) is 0 Å². The lowest BCUT2D eigenvalue weighted by atomic mass is 9.94. The van der Waals surface area contributed by atoms with Gasteiger partial charge in [-0.1, -0.05) is 11.6 Å². The van der Waals surface area contributed by atoms with Crippen LogP contribution in [-0.2, 0) is 14.6 Å². The molecule has 2 saturated heterocycles. The number of amides is 2. The van der Waals surface area contributed by atoms with Crippen LogP contribution in [0.4, 0.5) is 5.82 Å². The van der Waals surface area contributed by atoms with Crippen molar-refractivity contribution in [1.82, 2.24) is 15.6 Å². The first kappa shape index (κ1) is 28.2. The highest BCUT2D eigenvalue weighted by atomic mass is 35.5. The topological polar surface area (TPSA) is 118 Å². The molecule has 3 heterocycles. The molecule has 0 saturated carbocycles. The zero-order chi connectivity index (χ0) is 27.9. The highest BCUT2D eigenvalue weighted by molar-refractivity contribution is 7.90. The second-order valence-corrected chi connectivity index (χ2v) is 13.3. The average Bonchev–Trinajstić information content (AvgIpc) is 3.03. The molecule has 0 aliphatic carbocycles. The van der Waals surface area contributed by atoms with Gasteiger partial charge in [-0.3, -0.25) is 9.59 Å². The number of sulfone groups is 1. The quantitative estimate of drug-likeness (QED) is 0.497. The van der Waals surface area contributed by atoms with E-state index in [1.54, 1.807) is 32.2 Å². The fourth-order valence-corrected chi connectivity index (χ4v) is 6.41. The van der Waals surface area contributed by atoms with Crippen molar-refractivity contribution < 1.29 is 22.7 Å². The van der Waals surface area contributed by atoms with Gasteiger partial charge in [0.15, 0.2) is 15.4 Å². The zero-order valence-electron chi connectivity index (χ0n) is 22.4. The van der Waals surface area contributed by atoms with Gasteiger partial charge in [-0.2, -0.15) is 0 Å². The van der Waals surface area contributed by atoms with Gasteiger partial charge in [0.2, 0.25) is 0 Å². The van der Waals surface area contributed by atoms with Gasteiger partial charge < -0.3 is 20.3 Å². The van der Waals surface area contributed by atoms with Gasteiger partial charge in [0, 0.05) is 29.6 Å². The summed E-state index contributed by atoms with van der Waals surface area (Å²) in [5.41, 5.74) is -1.70. The van der Waals surface area contributed by atoms with E-state index in [0.717, 1.165) is 25.5 Å². The minimum Gasteiger partial charge on any atom is -0.477 e. The summed E-state index contributed by atoms with van der Waals surface area (Å²) in [5.74, 6) is -0.0153. The first-order chi connectivity index (χ1) is 17.7. The summed E-state index contributed by atoms with van der Waals surface area (Å²) in [6.45, 7) is 7.00. The Bertz CT molecular complexity index is 1340. The second kappa shape index (κ2) is 10.4. The largest absolute Gasteiger partial charge is 0.477 e. The number of carbonyl (C=O) groups excluding carboxylic acids is 2. The Morgan fingerprint density at radius 1 is 1.21 bits per heavy atom. The van der Waals surface area contributed by atoms with Crippen molar-refractivity contribution in [3.8, 4) is 5.75 Å². The van der Waals surface area contributed by atoms with E-state index < -0.39 is 27.0 Å². The molecule has 2 fully saturated rings. The van der Waals surface area contributed by atoms with Crippen LogP contribution in [0.15, 0.2) is 41.4 Å². The molecule has 2 atom stereocenters. The maximum absolute atomic E-state index is 13.8. The predicted molar refractivity (Wildman–Crippen MR) is 146 cm³/mol. The molecule has 0 radical (unpaired) electrons. The molecular weight excluding hydrogens is 528 g/mol. The summed E-state index contributed by atoms with van der Waals surface area (Å²) in [4.78, 5) is 33.4. The zero-order valence-corrected chi connectivity index (χ0v) is 23.9. The van der Waals surface area contributed by atoms with Gasteiger partial charge in [0.05, 0.1) is 5.56 Å². The summed E-state index contributed by atoms with van der Waals surface area (Å²) in [7, 11) is -3.65. The molecule has 2 aliphatic rings. The van der Waals surface area contributed by atoms with Gasteiger partial charge >= 0.3 is 0 Å². The molecule has 0 spiro atoms. The van der Waals surface area contributed by atoms with E-state index in [1.807, 2.05) is 13.8 Å². The van der Waals surface area contributed by atoms with Crippen molar-refractivity contribution in [2.45, 2.75) is 88.0 Å². The van der Waals surface area contributed by atoms with Crippen LogP contribution >= 0.6 is 11.6 Å². The molecule has 2 bridgehead atoms. The monoisotopic (exact) mass is 562 g/mol. The van der Waals surface area contributed by atoms with Crippen LogP contribution in [0.5, 0.6) is 5.75 Å². The van der Waals surface area contributed by atoms with Crippen LogP contribution in [0.2, 0.25) is 5.02 Å². The van der Waals surface area contributed by atoms with E-state index in [9.17, 15) is 18.0 Å². The predicted octanol–water partition coefficient (Wildman–Crippen LogP) is 4.10. The molecule has 2 unspecified atom stereocenters. The molecule has 1 aromatic heterocycles. The van der Waals surface area contributed by atoms with Crippen molar-refractivity contribution in [3.63, 3.8) is 0 Å². The SMILES string of the molecule is CC(C)NC(=O)c1cccnc1N1C2CCCC1(NC(=O)C(C)(C)Oc1ccc(Cl)cc1S(C)(=O)=O)CC2. The molecule has 2 aliphatic heterocycles. The molecule has 9 nitrogen and oxygen atoms in total. The van der Waals surface area contributed by atoms with Crippen LogP contribution in [-0.4, -0.2) is 54.8 Å². The number of hydrogen-bond acceptors (Lipinski definition) is 7. The molecule has 2 amide bonds. The lowest BCUT2D eigenvalue weighted by Gasteiger charge is -2.47. The van der Waals surface area contributed by atoms with E-state index >= 15 is 0 Å². The highest BCUT2D eigenvalue weighted by Crippen LogP contribution is 2.46.